The fourth-order valence-corrected chi connectivity index (χ4v) is 2.32. The molecule has 16 heavy (non-hydrogen) atoms. The first kappa shape index (κ1) is 11.8. The van der Waals surface area contributed by atoms with Crippen molar-refractivity contribution in [3.8, 4) is 0 Å². The summed E-state index contributed by atoms with van der Waals surface area (Å²) in [6.07, 6.45) is 2.03. The van der Waals surface area contributed by atoms with Gasteiger partial charge in [0.1, 0.15) is 0 Å². The summed E-state index contributed by atoms with van der Waals surface area (Å²) in [6, 6.07) is 0. The van der Waals surface area contributed by atoms with Gasteiger partial charge in [-0.15, -0.1) is 10.2 Å². The number of halogens is 1. The van der Waals surface area contributed by atoms with Crippen LogP contribution in [0.4, 0.5) is 0 Å². The van der Waals surface area contributed by atoms with Gasteiger partial charge >= 0.3 is 0 Å². The molecule has 1 unspecified atom stereocenters. The summed E-state index contributed by atoms with van der Waals surface area (Å²) in [4.78, 5) is 11.5. The summed E-state index contributed by atoms with van der Waals surface area (Å²) < 4.78 is 5.54. The van der Waals surface area contributed by atoms with Crippen LogP contribution in [0.15, 0.2) is 0 Å². The van der Waals surface area contributed by atoms with Crippen LogP contribution in [0.1, 0.15) is 22.6 Å². The van der Waals surface area contributed by atoms with Crippen molar-refractivity contribution >= 4 is 28.8 Å². The molecule has 1 fully saturated rings. The molecular formula is C9H12ClN3O2S. The summed E-state index contributed by atoms with van der Waals surface area (Å²) in [6.45, 7) is 2.29. The molecule has 1 aliphatic heterocycles. The fraction of sp³-hybridized carbons (Fsp3) is 0.667. The smallest absolute Gasteiger partial charge is 0.282 e. The zero-order chi connectivity index (χ0) is 11.4. The van der Waals surface area contributed by atoms with Gasteiger partial charge in [-0.3, -0.25) is 4.79 Å². The zero-order valence-corrected chi connectivity index (χ0v) is 10.2. The molecule has 0 spiro atoms. The summed E-state index contributed by atoms with van der Waals surface area (Å²) in [5.41, 5.74) is 0. The van der Waals surface area contributed by atoms with Crippen LogP contribution in [-0.4, -0.2) is 35.9 Å². The number of carbonyl (C=O) groups excluding carboxylic acids is 1. The van der Waals surface area contributed by atoms with Gasteiger partial charge in [-0.25, -0.2) is 0 Å². The molecular weight excluding hydrogens is 250 g/mol. The predicted molar refractivity (Wildman–Crippen MR) is 60.8 cm³/mol. The number of ether oxygens (including phenoxy) is 1. The average Bonchev–Trinajstić information content (AvgIpc) is 2.89. The lowest BCUT2D eigenvalue weighted by atomic mass is 10.1. The van der Waals surface area contributed by atoms with Gasteiger partial charge in [0.05, 0.1) is 0 Å². The highest BCUT2D eigenvalue weighted by molar-refractivity contribution is 7.17. The highest BCUT2D eigenvalue weighted by Crippen LogP contribution is 2.16. The molecule has 1 aromatic rings. The van der Waals surface area contributed by atoms with E-state index in [-0.39, 0.29) is 10.4 Å². The van der Waals surface area contributed by atoms with E-state index in [1.165, 1.54) is 0 Å². The van der Waals surface area contributed by atoms with Crippen LogP contribution in [0, 0.1) is 5.92 Å². The molecule has 1 atom stereocenters. The number of hydrogen-bond donors (Lipinski definition) is 1. The van der Waals surface area contributed by atoms with Gasteiger partial charge < -0.3 is 10.1 Å². The van der Waals surface area contributed by atoms with Gasteiger partial charge in [0.2, 0.25) is 9.47 Å². The van der Waals surface area contributed by atoms with Crippen molar-refractivity contribution in [1.82, 2.24) is 15.5 Å². The van der Waals surface area contributed by atoms with Crippen molar-refractivity contribution in [2.75, 3.05) is 19.8 Å². The van der Waals surface area contributed by atoms with Crippen LogP contribution in [0.25, 0.3) is 0 Å². The third-order valence-electron chi connectivity index (χ3n) is 2.46. The predicted octanol–water partition coefficient (Wildman–Crippen LogP) is 1.35. The number of rotatable bonds is 4. The molecule has 0 bridgehead atoms. The Labute approximate surface area is 102 Å². The van der Waals surface area contributed by atoms with E-state index in [9.17, 15) is 4.79 Å². The Morgan fingerprint density at radius 2 is 2.50 bits per heavy atom. The van der Waals surface area contributed by atoms with Crippen molar-refractivity contribution in [2.45, 2.75) is 12.8 Å². The third-order valence-corrected chi connectivity index (χ3v) is 3.47. The van der Waals surface area contributed by atoms with E-state index in [1.54, 1.807) is 0 Å². The second-order valence-corrected chi connectivity index (χ2v) is 5.19. The second kappa shape index (κ2) is 5.56. The van der Waals surface area contributed by atoms with Gasteiger partial charge in [-0.2, -0.15) is 0 Å². The van der Waals surface area contributed by atoms with Crippen LogP contribution >= 0.6 is 22.9 Å². The molecule has 88 valence electrons. The number of aromatic nitrogens is 2. The van der Waals surface area contributed by atoms with E-state index < -0.39 is 0 Å². The first-order valence-electron chi connectivity index (χ1n) is 5.10. The summed E-state index contributed by atoms with van der Waals surface area (Å²) in [5.74, 6) is 0.363. The van der Waals surface area contributed by atoms with E-state index in [0.29, 0.717) is 17.5 Å². The van der Waals surface area contributed by atoms with Gasteiger partial charge in [-0.05, 0) is 30.4 Å². The molecule has 0 aromatic carbocycles. The molecule has 0 saturated carbocycles. The average molecular weight is 262 g/mol. The summed E-state index contributed by atoms with van der Waals surface area (Å²) >= 11 is 6.68. The van der Waals surface area contributed by atoms with E-state index in [2.05, 4.69) is 15.5 Å². The van der Waals surface area contributed by atoms with Crippen LogP contribution < -0.4 is 5.32 Å². The molecule has 0 radical (unpaired) electrons. The van der Waals surface area contributed by atoms with E-state index in [1.807, 2.05) is 0 Å². The van der Waals surface area contributed by atoms with Crippen LogP contribution in [0.5, 0.6) is 0 Å². The SMILES string of the molecule is O=C(NCCC1CCOC1)c1nnc(Cl)s1. The zero-order valence-electron chi connectivity index (χ0n) is 8.61. The Bertz CT molecular complexity index is 365. The Kier molecular flexibility index (Phi) is 4.09. The Balaban J connectivity index is 1.71. The topological polar surface area (TPSA) is 64.1 Å². The minimum absolute atomic E-state index is 0.205. The van der Waals surface area contributed by atoms with Gasteiger partial charge in [0.25, 0.3) is 5.91 Å². The molecule has 5 nitrogen and oxygen atoms in total. The molecule has 2 rings (SSSR count). The van der Waals surface area contributed by atoms with Crippen molar-refractivity contribution in [2.24, 2.45) is 5.92 Å². The lowest BCUT2D eigenvalue weighted by molar-refractivity contribution is 0.0949. The van der Waals surface area contributed by atoms with Crippen LogP contribution in [0.3, 0.4) is 0 Å². The Morgan fingerprint density at radius 3 is 3.12 bits per heavy atom. The van der Waals surface area contributed by atoms with E-state index >= 15 is 0 Å². The maximum absolute atomic E-state index is 11.5. The second-order valence-electron chi connectivity index (χ2n) is 3.63. The fourth-order valence-electron chi connectivity index (χ4n) is 1.57. The highest BCUT2D eigenvalue weighted by atomic mass is 35.5. The van der Waals surface area contributed by atoms with Gasteiger partial charge in [-0.1, -0.05) is 11.3 Å². The minimum atomic E-state index is -0.205. The monoisotopic (exact) mass is 261 g/mol. The first-order valence-corrected chi connectivity index (χ1v) is 6.30. The summed E-state index contributed by atoms with van der Waals surface area (Å²) in [5, 5.41) is 10.3. The van der Waals surface area contributed by atoms with Crippen molar-refractivity contribution in [3.63, 3.8) is 0 Å². The Morgan fingerprint density at radius 1 is 1.62 bits per heavy atom. The molecule has 1 aromatic heterocycles. The molecule has 1 aliphatic rings. The number of hydrogen-bond acceptors (Lipinski definition) is 5. The lowest BCUT2D eigenvalue weighted by Gasteiger charge is -2.07. The van der Waals surface area contributed by atoms with Crippen LogP contribution in [-0.2, 0) is 4.74 Å². The maximum Gasteiger partial charge on any atom is 0.282 e. The quantitative estimate of drug-likeness (QED) is 0.889. The Hall–Kier alpha value is -0.720. The van der Waals surface area contributed by atoms with Gasteiger partial charge in [0, 0.05) is 19.8 Å². The molecule has 1 saturated heterocycles. The van der Waals surface area contributed by atoms with Crippen LogP contribution in [0.2, 0.25) is 4.47 Å². The standard InChI is InChI=1S/C9H12ClN3O2S/c10-9-13-12-8(16-9)7(14)11-3-1-6-2-4-15-5-6/h6H,1-5H2,(H,11,14). The normalized spacial score (nSPS) is 19.9. The van der Waals surface area contributed by atoms with Crippen molar-refractivity contribution < 1.29 is 9.53 Å². The first-order chi connectivity index (χ1) is 7.75. The number of carbonyl (C=O) groups is 1. The molecule has 2 heterocycles. The lowest BCUT2D eigenvalue weighted by Crippen LogP contribution is -2.26. The summed E-state index contributed by atoms with van der Waals surface area (Å²) in [7, 11) is 0. The van der Waals surface area contributed by atoms with Crippen molar-refractivity contribution in [1.29, 1.82) is 0 Å². The number of nitrogens with zero attached hydrogens (tertiary/aromatic N) is 2. The molecule has 1 N–H and O–H groups in total. The van der Waals surface area contributed by atoms with Crippen molar-refractivity contribution in [3.05, 3.63) is 9.47 Å². The van der Waals surface area contributed by atoms with E-state index in [4.69, 9.17) is 16.3 Å². The molecule has 0 aliphatic carbocycles. The van der Waals surface area contributed by atoms with Gasteiger partial charge in [0.15, 0.2) is 0 Å². The molecule has 7 heteroatoms. The third kappa shape index (κ3) is 3.13. The molecule has 1 amide bonds. The maximum atomic E-state index is 11.5. The number of nitrogens with one attached hydrogen (secondary N) is 1. The number of amides is 1. The minimum Gasteiger partial charge on any atom is -0.381 e. The van der Waals surface area contributed by atoms with E-state index in [0.717, 1.165) is 37.4 Å². The highest BCUT2D eigenvalue weighted by Gasteiger charge is 2.16. The largest absolute Gasteiger partial charge is 0.381 e.